The Bertz CT molecular complexity index is 955. The second-order valence-corrected chi connectivity index (χ2v) is 9.80. The number of fused-ring (bicyclic) bond motifs is 1. The van der Waals surface area contributed by atoms with Crippen LogP contribution in [0.5, 0.6) is 0 Å². The fourth-order valence-electron chi connectivity index (χ4n) is 3.05. The first-order valence-corrected chi connectivity index (χ1v) is 9.08. The smallest absolute Gasteiger partial charge is 0.126 e. The van der Waals surface area contributed by atoms with Crippen LogP contribution in [0.3, 0.4) is 0 Å². The Labute approximate surface area is 146 Å². The zero-order valence-electron chi connectivity index (χ0n) is 13.5. The molecular weight excluding hydrogens is 332 g/mol. The minimum atomic E-state index is -0.181. The van der Waals surface area contributed by atoms with Crippen molar-refractivity contribution < 1.29 is 0 Å². The van der Waals surface area contributed by atoms with E-state index in [0.717, 1.165) is 35.4 Å². The fourth-order valence-corrected chi connectivity index (χ4v) is 3.47. The van der Waals surface area contributed by atoms with E-state index in [1.807, 2.05) is 18.6 Å². The molecule has 1 fully saturated rings. The van der Waals surface area contributed by atoms with Gasteiger partial charge in [0, 0.05) is 11.8 Å². The first-order valence-electron chi connectivity index (χ1n) is 7.93. The molecule has 3 aromatic rings. The zero-order valence-corrected chi connectivity index (χ0v) is 15.8. The van der Waals surface area contributed by atoms with Crippen LogP contribution in [0.4, 0.5) is 0 Å². The lowest BCUT2D eigenvalue weighted by atomic mass is 9.95. The van der Waals surface area contributed by atoms with Gasteiger partial charge in [-0.2, -0.15) is 0 Å². The summed E-state index contributed by atoms with van der Waals surface area (Å²) in [5.74, 6) is 3.91. The van der Waals surface area contributed by atoms with Gasteiger partial charge in [-0.1, -0.05) is 30.2 Å². The molecule has 0 amide bonds. The van der Waals surface area contributed by atoms with Gasteiger partial charge >= 0.3 is 0 Å². The number of rotatable bonds is 3. The first-order chi connectivity index (χ1) is 11.4. The number of nitrogens with zero attached hydrogens (tertiary/aromatic N) is 3. The summed E-state index contributed by atoms with van der Waals surface area (Å²) >= 11 is 0. The largest absolute Gasteiger partial charge is 0.299 e. The van der Waals surface area contributed by atoms with Gasteiger partial charge in [0.2, 0.25) is 0 Å². The first kappa shape index (κ1) is 15.8. The van der Waals surface area contributed by atoms with Crippen molar-refractivity contribution in [2.24, 2.45) is 0 Å². The van der Waals surface area contributed by atoms with Gasteiger partial charge in [-0.15, -0.1) is 24.9 Å². The minimum Gasteiger partial charge on any atom is -0.299 e. The van der Waals surface area contributed by atoms with E-state index in [0.29, 0.717) is 0 Å². The lowest BCUT2D eigenvalue weighted by molar-refractivity contribution is 0.860. The molecule has 2 heterocycles. The van der Waals surface area contributed by atoms with Crippen molar-refractivity contribution in [3.05, 3.63) is 54.2 Å². The Balaban J connectivity index is 1.75. The SMILES string of the molecule is C#CC1(c2ccc(-c3cn4c(C(C)(P)P)ncc4cn3)cc2)CC1. The molecule has 0 spiro atoms. The summed E-state index contributed by atoms with van der Waals surface area (Å²) in [5.41, 5.74) is 4.22. The summed E-state index contributed by atoms with van der Waals surface area (Å²) in [7, 11) is 5.62. The van der Waals surface area contributed by atoms with Crippen LogP contribution < -0.4 is 0 Å². The molecular formula is C19H19N3P2. The lowest BCUT2D eigenvalue weighted by Crippen LogP contribution is -2.08. The highest BCUT2D eigenvalue weighted by atomic mass is 31.1. The van der Waals surface area contributed by atoms with Gasteiger partial charge in [-0.25, -0.2) is 4.98 Å². The lowest BCUT2D eigenvalue weighted by Gasteiger charge is -2.16. The van der Waals surface area contributed by atoms with Gasteiger partial charge in [0.1, 0.15) is 5.82 Å². The molecule has 1 aromatic carbocycles. The average molecular weight is 351 g/mol. The van der Waals surface area contributed by atoms with Crippen molar-refractivity contribution in [3.63, 3.8) is 0 Å². The van der Waals surface area contributed by atoms with Gasteiger partial charge < -0.3 is 0 Å². The maximum Gasteiger partial charge on any atom is 0.126 e. The predicted octanol–water partition coefficient (Wildman–Crippen LogP) is 3.98. The van der Waals surface area contributed by atoms with E-state index in [1.165, 1.54) is 5.56 Å². The molecule has 0 aliphatic heterocycles. The third kappa shape index (κ3) is 2.55. The molecule has 4 rings (SSSR count). The van der Waals surface area contributed by atoms with Crippen LogP contribution >= 0.6 is 18.5 Å². The van der Waals surface area contributed by atoms with E-state index in [9.17, 15) is 0 Å². The number of aromatic nitrogens is 3. The monoisotopic (exact) mass is 351 g/mol. The molecule has 0 bridgehead atoms. The van der Waals surface area contributed by atoms with Gasteiger partial charge in [0.15, 0.2) is 0 Å². The van der Waals surface area contributed by atoms with Crippen LogP contribution in [0.25, 0.3) is 16.8 Å². The number of hydrogen-bond acceptors (Lipinski definition) is 2. The summed E-state index contributed by atoms with van der Waals surface area (Å²) in [5, 5.41) is 0. The summed E-state index contributed by atoms with van der Waals surface area (Å²) in [4.78, 5) is 8.93. The second kappa shape index (κ2) is 5.38. The van der Waals surface area contributed by atoms with Crippen molar-refractivity contribution in [2.75, 3.05) is 0 Å². The van der Waals surface area contributed by atoms with Crippen LogP contribution in [0, 0.1) is 12.3 Å². The highest BCUT2D eigenvalue weighted by molar-refractivity contribution is 7.38. The quantitative estimate of drug-likeness (QED) is 0.528. The summed E-state index contributed by atoms with van der Waals surface area (Å²) in [6.07, 6.45) is 13.6. The van der Waals surface area contributed by atoms with E-state index in [-0.39, 0.29) is 10.3 Å². The van der Waals surface area contributed by atoms with Crippen molar-refractivity contribution in [2.45, 2.75) is 30.1 Å². The molecule has 2 atom stereocenters. The molecule has 2 aromatic heterocycles. The Kier molecular flexibility index (Phi) is 3.54. The number of hydrogen-bond donors (Lipinski definition) is 0. The van der Waals surface area contributed by atoms with Crippen LogP contribution in [-0.2, 0) is 10.3 Å². The maximum absolute atomic E-state index is 5.68. The summed E-state index contributed by atoms with van der Waals surface area (Å²) in [6.45, 7) is 2.10. The minimum absolute atomic E-state index is 0.0197. The summed E-state index contributed by atoms with van der Waals surface area (Å²) < 4.78 is 2.10. The summed E-state index contributed by atoms with van der Waals surface area (Å²) in [6, 6.07) is 8.49. The predicted molar refractivity (Wildman–Crippen MR) is 105 cm³/mol. The van der Waals surface area contributed by atoms with E-state index in [2.05, 4.69) is 70.0 Å². The van der Waals surface area contributed by atoms with E-state index < -0.39 is 0 Å². The van der Waals surface area contributed by atoms with Gasteiger partial charge in [0.05, 0.1) is 33.9 Å². The molecule has 0 N–H and O–H groups in total. The van der Waals surface area contributed by atoms with Crippen molar-refractivity contribution in [1.29, 1.82) is 0 Å². The zero-order chi connectivity index (χ0) is 16.9. The fraction of sp³-hybridized carbons (Fsp3) is 0.263. The standard InChI is InChI=1S/C19H19N3P2/c1-3-19(8-9-19)14-6-4-13(5-7-14)16-12-22-15(10-20-16)11-21-17(22)18(2,23)24/h1,4-7,10-12H,8-9,23-24H2,2H3. The van der Waals surface area contributed by atoms with Gasteiger partial charge in [-0.05, 0) is 25.3 Å². The van der Waals surface area contributed by atoms with Crippen LogP contribution in [-0.4, -0.2) is 14.4 Å². The second-order valence-electron chi connectivity index (χ2n) is 6.74. The van der Waals surface area contributed by atoms with Crippen LogP contribution in [0.15, 0.2) is 42.9 Å². The molecule has 2 unspecified atom stereocenters. The van der Waals surface area contributed by atoms with Gasteiger partial charge in [-0.3, -0.25) is 9.38 Å². The molecule has 3 nitrogen and oxygen atoms in total. The average Bonchev–Trinajstić information content (AvgIpc) is 3.25. The van der Waals surface area contributed by atoms with E-state index in [4.69, 9.17) is 6.42 Å². The Hall–Kier alpha value is -1.74. The van der Waals surface area contributed by atoms with Crippen LogP contribution in [0.2, 0.25) is 0 Å². The molecule has 1 aliphatic rings. The normalized spacial score (nSPS) is 16.1. The molecule has 24 heavy (non-hydrogen) atoms. The molecule has 0 saturated heterocycles. The van der Waals surface area contributed by atoms with Crippen molar-refractivity contribution in [1.82, 2.24) is 14.4 Å². The van der Waals surface area contributed by atoms with Crippen molar-refractivity contribution in [3.8, 4) is 23.6 Å². The van der Waals surface area contributed by atoms with E-state index in [1.54, 1.807) is 0 Å². The highest BCUT2D eigenvalue weighted by Crippen LogP contribution is 2.47. The molecule has 1 saturated carbocycles. The Morgan fingerprint density at radius 1 is 1.17 bits per heavy atom. The topological polar surface area (TPSA) is 30.2 Å². The molecule has 120 valence electrons. The van der Waals surface area contributed by atoms with E-state index >= 15 is 0 Å². The Morgan fingerprint density at radius 3 is 2.42 bits per heavy atom. The molecule has 5 heteroatoms. The third-order valence-corrected chi connectivity index (χ3v) is 5.17. The van der Waals surface area contributed by atoms with Crippen LogP contribution in [0.1, 0.15) is 31.2 Å². The molecule has 0 radical (unpaired) electrons. The molecule has 1 aliphatic carbocycles. The number of imidazole rings is 1. The maximum atomic E-state index is 5.68. The number of terminal acetylenes is 1. The van der Waals surface area contributed by atoms with Gasteiger partial charge in [0.25, 0.3) is 0 Å². The third-order valence-electron chi connectivity index (χ3n) is 4.65. The number of benzene rings is 1. The van der Waals surface area contributed by atoms with Crippen molar-refractivity contribution >= 4 is 24.0 Å². The highest BCUT2D eigenvalue weighted by Gasteiger charge is 2.42. The Morgan fingerprint density at radius 2 is 1.83 bits per heavy atom.